The first-order chi connectivity index (χ1) is 11.4. The predicted molar refractivity (Wildman–Crippen MR) is 83.6 cm³/mol. The van der Waals surface area contributed by atoms with E-state index in [-0.39, 0.29) is 13.0 Å². The van der Waals surface area contributed by atoms with E-state index in [0.29, 0.717) is 38.3 Å². The maximum absolute atomic E-state index is 13.2. The van der Waals surface area contributed by atoms with Crippen LogP contribution in [0, 0.1) is 0 Å². The van der Waals surface area contributed by atoms with Gasteiger partial charge in [0.1, 0.15) is 6.04 Å². The number of aliphatic hydroxyl groups is 1. The summed E-state index contributed by atoms with van der Waals surface area (Å²) in [5, 5.41) is 11.0. The van der Waals surface area contributed by atoms with E-state index in [1.54, 1.807) is 30.3 Å². The fourth-order valence-electron chi connectivity index (χ4n) is 2.65. The number of amides is 2. The molecule has 5 nitrogen and oxygen atoms in total. The van der Waals surface area contributed by atoms with Crippen molar-refractivity contribution in [2.45, 2.75) is 18.6 Å². The summed E-state index contributed by atoms with van der Waals surface area (Å²) in [6, 6.07) is 5.68. The lowest BCUT2D eigenvalue weighted by Gasteiger charge is -2.35. The largest absolute Gasteiger partial charge is 0.408 e. The highest BCUT2D eigenvalue weighted by Crippen LogP contribution is 2.23. The minimum Gasteiger partial charge on any atom is -0.395 e. The number of piperazine rings is 1. The van der Waals surface area contributed by atoms with Crippen molar-refractivity contribution < 1.29 is 23.1 Å². The van der Waals surface area contributed by atoms with E-state index in [1.807, 2.05) is 4.90 Å². The number of carbonyl (C=O) groups is 1. The van der Waals surface area contributed by atoms with Crippen LogP contribution < -0.4 is 5.32 Å². The topological polar surface area (TPSA) is 55.8 Å². The summed E-state index contributed by atoms with van der Waals surface area (Å²) in [7, 11) is 0. The van der Waals surface area contributed by atoms with E-state index in [2.05, 4.69) is 5.32 Å². The maximum atomic E-state index is 13.2. The smallest absolute Gasteiger partial charge is 0.395 e. The molecule has 24 heavy (non-hydrogen) atoms. The first-order valence-corrected chi connectivity index (χ1v) is 7.89. The summed E-state index contributed by atoms with van der Waals surface area (Å²) in [6.45, 7) is 2.32. The van der Waals surface area contributed by atoms with Crippen molar-refractivity contribution in [3.8, 4) is 0 Å². The quantitative estimate of drug-likeness (QED) is 0.850. The van der Waals surface area contributed by atoms with Gasteiger partial charge in [-0.05, 0) is 5.56 Å². The predicted octanol–water partition coefficient (Wildman–Crippen LogP) is 1.48. The summed E-state index contributed by atoms with van der Waals surface area (Å²) in [5.41, 5.74) is 0.521. The Bertz CT molecular complexity index is 517. The number of rotatable bonds is 5. The molecule has 1 aromatic rings. The van der Waals surface area contributed by atoms with Gasteiger partial charge in [0.25, 0.3) is 0 Å². The lowest BCUT2D eigenvalue weighted by atomic mass is 10.1. The summed E-state index contributed by atoms with van der Waals surface area (Å²) < 4.78 is 39.7. The molecule has 0 saturated carbocycles. The number of halogens is 3. The first-order valence-electron chi connectivity index (χ1n) is 7.89. The van der Waals surface area contributed by atoms with Gasteiger partial charge in [-0.2, -0.15) is 13.2 Å². The fourth-order valence-corrected chi connectivity index (χ4v) is 2.65. The molecule has 0 aromatic heterocycles. The van der Waals surface area contributed by atoms with Crippen LogP contribution in [0.3, 0.4) is 0 Å². The lowest BCUT2D eigenvalue weighted by Crippen LogP contribution is -2.56. The van der Waals surface area contributed by atoms with Crippen molar-refractivity contribution in [1.29, 1.82) is 0 Å². The SMILES string of the molecule is O=C(NC(Cc1ccccc1)C(F)(F)F)N1CCN(CCO)CC1. The molecular formula is C16H22F3N3O2. The van der Waals surface area contributed by atoms with E-state index in [9.17, 15) is 18.0 Å². The van der Waals surface area contributed by atoms with Crippen molar-refractivity contribution >= 4 is 6.03 Å². The number of hydrogen-bond donors (Lipinski definition) is 2. The van der Waals surface area contributed by atoms with Crippen LogP contribution >= 0.6 is 0 Å². The van der Waals surface area contributed by atoms with Gasteiger partial charge in [-0.3, -0.25) is 4.90 Å². The average Bonchev–Trinajstić information content (AvgIpc) is 2.55. The van der Waals surface area contributed by atoms with Crippen molar-refractivity contribution in [2.75, 3.05) is 39.3 Å². The molecule has 0 bridgehead atoms. The third kappa shape index (κ3) is 5.38. The number of aliphatic hydroxyl groups excluding tert-OH is 1. The fraction of sp³-hybridized carbons (Fsp3) is 0.562. The standard InChI is InChI=1S/C16H22F3N3O2/c17-16(18,19)14(12-13-4-2-1-3-5-13)20-15(24)22-8-6-21(7-9-22)10-11-23/h1-5,14,23H,6-12H2,(H,20,24). The first kappa shape index (κ1) is 18.5. The Kier molecular flexibility index (Phi) is 6.44. The van der Waals surface area contributed by atoms with Gasteiger partial charge in [0.2, 0.25) is 0 Å². The molecule has 1 saturated heterocycles. The number of nitrogens with one attached hydrogen (secondary N) is 1. The van der Waals surface area contributed by atoms with Crippen LogP contribution in [0.5, 0.6) is 0 Å². The molecule has 2 N–H and O–H groups in total. The number of nitrogens with zero attached hydrogens (tertiary/aromatic N) is 2. The number of carbonyl (C=O) groups excluding carboxylic acids is 1. The number of alkyl halides is 3. The molecule has 1 heterocycles. The molecule has 1 aromatic carbocycles. The zero-order valence-electron chi connectivity index (χ0n) is 13.3. The molecule has 1 aliphatic heterocycles. The van der Waals surface area contributed by atoms with Crippen LogP contribution in [0.25, 0.3) is 0 Å². The Hall–Kier alpha value is -1.80. The minimum absolute atomic E-state index is 0.0272. The third-order valence-electron chi connectivity index (χ3n) is 4.05. The van der Waals surface area contributed by atoms with E-state index in [4.69, 9.17) is 5.11 Å². The van der Waals surface area contributed by atoms with Gasteiger partial charge in [-0.15, -0.1) is 0 Å². The molecule has 1 aliphatic rings. The second-order valence-corrected chi connectivity index (χ2v) is 5.79. The zero-order chi connectivity index (χ0) is 17.6. The zero-order valence-corrected chi connectivity index (χ0v) is 13.3. The normalized spacial score (nSPS) is 17.6. The Morgan fingerprint density at radius 2 is 1.79 bits per heavy atom. The third-order valence-corrected chi connectivity index (χ3v) is 4.05. The highest BCUT2D eigenvalue weighted by atomic mass is 19.4. The highest BCUT2D eigenvalue weighted by molar-refractivity contribution is 5.74. The molecule has 1 atom stereocenters. The monoisotopic (exact) mass is 345 g/mol. The molecule has 134 valence electrons. The lowest BCUT2D eigenvalue weighted by molar-refractivity contribution is -0.153. The molecular weight excluding hydrogens is 323 g/mol. The number of urea groups is 1. The van der Waals surface area contributed by atoms with Crippen LogP contribution in [0.4, 0.5) is 18.0 Å². The molecule has 0 aliphatic carbocycles. The Balaban J connectivity index is 1.93. The second kappa shape index (κ2) is 8.34. The molecule has 0 radical (unpaired) electrons. The minimum atomic E-state index is -4.51. The summed E-state index contributed by atoms with van der Waals surface area (Å²) in [5.74, 6) is 0. The van der Waals surface area contributed by atoms with E-state index >= 15 is 0 Å². The van der Waals surface area contributed by atoms with Crippen LogP contribution in [-0.4, -0.2) is 72.5 Å². The summed E-state index contributed by atoms with van der Waals surface area (Å²) in [4.78, 5) is 15.5. The van der Waals surface area contributed by atoms with Crippen LogP contribution in [-0.2, 0) is 6.42 Å². The van der Waals surface area contributed by atoms with Gasteiger partial charge in [0.15, 0.2) is 0 Å². The average molecular weight is 345 g/mol. The van der Waals surface area contributed by atoms with E-state index < -0.39 is 18.2 Å². The molecule has 1 fully saturated rings. The van der Waals surface area contributed by atoms with Gasteiger partial charge in [-0.1, -0.05) is 30.3 Å². The number of benzene rings is 1. The van der Waals surface area contributed by atoms with Gasteiger partial charge < -0.3 is 15.3 Å². The number of β-amino-alcohol motifs (C(OH)–C–C–N with tert-alkyl or cyclic N) is 1. The Morgan fingerprint density at radius 3 is 2.33 bits per heavy atom. The maximum Gasteiger partial charge on any atom is 0.408 e. The highest BCUT2D eigenvalue weighted by Gasteiger charge is 2.41. The second-order valence-electron chi connectivity index (χ2n) is 5.79. The molecule has 2 amide bonds. The van der Waals surface area contributed by atoms with E-state index in [0.717, 1.165) is 0 Å². The van der Waals surface area contributed by atoms with Crippen LogP contribution in [0.2, 0.25) is 0 Å². The van der Waals surface area contributed by atoms with Gasteiger partial charge in [0, 0.05) is 39.1 Å². The van der Waals surface area contributed by atoms with Crippen LogP contribution in [0.1, 0.15) is 5.56 Å². The molecule has 1 unspecified atom stereocenters. The molecule has 2 rings (SSSR count). The summed E-state index contributed by atoms with van der Waals surface area (Å²) >= 11 is 0. The Labute approximate surface area is 139 Å². The summed E-state index contributed by atoms with van der Waals surface area (Å²) in [6.07, 6.45) is -4.80. The number of hydrogen-bond acceptors (Lipinski definition) is 3. The molecule has 0 spiro atoms. The van der Waals surface area contributed by atoms with Crippen molar-refractivity contribution in [2.24, 2.45) is 0 Å². The van der Waals surface area contributed by atoms with Crippen molar-refractivity contribution in [3.63, 3.8) is 0 Å². The Morgan fingerprint density at radius 1 is 1.17 bits per heavy atom. The van der Waals surface area contributed by atoms with Crippen molar-refractivity contribution in [3.05, 3.63) is 35.9 Å². The molecule has 8 heteroatoms. The van der Waals surface area contributed by atoms with E-state index in [1.165, 1.54) is 4.90 Å². The van der Waals surface area contributed by atoms with Gasteiger partial charge >= 0.3 is 12.2 Å². The van der Waals surface area contributed by atoms with Crippen LogP contribution in [0.15, 0.2) is 30.3 Å². The van der Waals surface area contributed by atoms with Gasteiger partial charge in [0.05, 0.1) is 6.61 Å². The van der Waals surface area contributed by atoms with Crippen molar-refractivity contribution in [1.82, 2.24) is 15.1 Å². The van der Waals surface area contributed by atoms with Gasteiger partial charge in [-0.25, -0.2) is 4.79 Å².